The molecule has 0 saturated heterocycles. The molecular weight excluding hydrogens is 148 g/mol. The molecule has 0 fully saturated rings. The van der Waals surface area contributed by atoms with Crippen molar-refractivity contribution in [2.45, 2.75) is 13.3 Å². The van der Waals surface area contributed by atoms with Gasteiger partial charge < -0.3 is 0 Å². The summed E-state index contributed by atoms with van der Waals surface area (Å²) >= 11 is 0. The van der Waals surface area contributed by atoms with Crippen molar-refractivity contribution in [2.75, 3.05) is 0 Å². The Hall–Kier alpha value is -1.44. The average Bonchev–Trinajstić information content (AvgIpc) is 2.15. The van der Waals surface area contributed by atoms with Crippen LogP contribution in [0.2, 0.25) is 0 Å². The lowest BCUT2D eigenvalue weighted by molar-refractivity contribution is 1.31. The number of hydrogen-bond donors (Lipinski definition) is 0. The first-order chi connectivity index (χ1) is 5.88. The van der Waals surface area contributed by atoms with Gasteiger partial charge >= 0.3 is 0 Å². The fourth-order valence-electron chi connectivity index (χ4n) is 0.897. The summed E-state index contributed by atoms with van der Waals surface area (Å²) in [4.78, 5) is 8.10. The standard InChI is InChI=1S/C10H12N2/c1-3-8-12-10-7-5-4-6-9(10)11-2/h4-8H,2-3H2,1H3/b12-8-. The summed E-state index contributed by atoms with van der Waals surface area (Å²) in [6, 6.07) is 7.69. The van der Waals surface area contributed by atoms with E-state index in [1.807, 2.05) is 37.4 Å². The van der Waals surface area contributed by atoms with Crippen molar-refractivity contribution in [1.82, 2.24) is 0 Å². The van der Waals surface area contributed by atoms with Crippen molar-refractivity contribution in [3.63, 3.8) is 0 Å². The number of aliphatic imine (C=N–C) groups is 2. The second-order valence-corrected chi connectivity index (χ2v) is 2.37. The molecule has 0 unspecified atom stereocenters. The highest BCUT2D eigenvalue weighted by molar-refractivity contribution is 5.71. The molecule has 0 spiro atoms. The van der Waals surface area contributed by atoms with Gasteiger partial charge in [0.05, 0.1) is 11.4 Å². The van der Waals surface area contributed by atoms with E-state index in [2.05, 4.69) is 16.7 Å². The monoisotopic (exact) mass is 160 g/mol. The first-order valence-electron chi connectivity index (χ1n) is 3.96. The zero-order chi connectivity index (χ0) is 8.81. The number of rotatable bonds is 3. The molecule has 0 saturated carbocycles. The fraction of sp³-hybridized carbons (Fsp3) is 0.200. The number of nitrogens with zero attached hydrogens (tertiary/aromatic N) is 2. The van der Waals surface area contributed by atoms with Crippen molar-refractivity contribution in [3.8, 4) is 0 Å². The third kappa shape index (κ3) is 2.02. The lowest BCUT2D eigenvalue weighted by atomic mass is 10.3. The summed E-state index contributed by atoms with van der Waals surface area (Å²) in [5, 5.41) is 0. The fourth-order valence-corrected chi connectivity index (χ4v) is 0.897. The molecule has 12 heavy (non-hydrogen) atoms. The molecular formula is C10H12N2. The van der Waals surface area contributed by atoms with Gasteiger partial charge in [-0.05, 0) is 25.3 Å². The minimum Gasteiger partial charge on any atom is -0.262 e. The Kier molecular flexibility index (Phi) is 3.20. The Bertz CT molecular complexity index is 290. The van der Waals surface area contributed by atoms with Gasteiger partial charge in [0.25, 0.3) is 0 Å². The molecule has 1 rings (SSSR count). The molecule has 1 aromatic rings. The normalized spacial score (nSPS) is 10.4. The maximum Gasteiger partial charge on any atom is 0.0881 e. The quantitative estimate of drug-likeness (QED) is 0.607. The largest absolute Gasteiger partial charge is 0.262 e. The molecule has 0 bridgehead atoms. The molecule has 0 heterocycles. The second-order valence-electron chi connectivity index (χ2n) is 2.37. The smallest absolute Gasteiger partial charge is 0.0881 e. The van der Waals surface area contributed by atoms with Gasteiger partial charge in [0.2, 0.25) is 0 Å². The van der Waals surface area contributed by atoms with Crippen molar-refractivity contribution >= 4 is 24.3 Å². The van der Waals surface area contributed by atoms with Crippen molar-refractivity contribution in [2.24, 2.45) is 9.98 Å². The van der Waals surface area contributed by atoms with Crippen LogP contribution in [0.1, 0.15) is 13.3 Å². The van der Waals surface area contributed by atoms with Crippen LogP contribution in [0.25, 0.3) is 0 Å². The molecule has 0 radical (unpaired) electrons. The van der Waals surface area contributed by atoms with Crippen molar-refractivity contribution < 1.29 is 0 Å². The highest BCUT2D eigenvalue weighted by Gasteiger charge is 1.93. The zero-order valence-corrected chi connectivity index (χ0v) is 7.20. The maximum absolute atomic E-state index is 4.24. The van der Waals surface area contributed by atoms with Crippen LogP contribution < -0.4 is 0 Å². The van der Waals surface area contributed by atoms with Gasteiger partial charge in [-0.2, -0.15) is 0 Å². The van der Waals surface area contributed by atoms with Crippen LogP contribution in [0.5, 0.6) is 0 Å². The summed E-state index contributed by atoms with van der Waals surface area (Å²) in [5.74, 6) is 0. The lowest BCUT2D eigenvalue weighted by Gasteiger charge is -1.96. The highest BCUT2D eigenvalue weighted by atomic mass is 14.8. The minimum absolute atomic E-state index is 0.835. The van der Waals surface area contributed by atoms with Gasteiger partial charge in [0.15, 0.2) is 0 Å². The second kappa shape index (κ2) is 4.44. The molecule has 62 valence electrons. The number of hydrogen-bond acceptors (Lipinski definition) is 2. The SMILES string of the molecule is C=Nc1ccccc1/N=C\CC. The zero-order valence-electron chi connectivity index (χ0n) is 7.20. The molecule has 0 aliphatic carbocycles. The molecule has 0 atom stereocenters. The van der Waals surface area contributed by atoms with Crippen LogP contribution in [-0.2, 0) is 0 Å². The summed E-state index contributed by atoms with van der Waals surface area (Å²) in [7, 11) is 0. The third-order valence-electron chi connectivity index (χ3n) is 1.47. The molecule has 0 N–H and O–H groups in total. The Labute approximate surface area is 72.7 Å². The predicted molar refractivity (Wildman–Crippen MR) is 54.1 cm³/mol. The van der Waals surface area contributed by atoms with E-state index in [1.165, 1.54) is 0 Å². The minimum atomic E-state index is 0.835. The summed E-state index contributed by atoms with van der Waals surface area (Å²) in [5.41, 5.74) is 1.72. The summed E-state index contributed by atoms with van der Waals surface area (Å²) in [6.07, 6.45) is 2.80. The van der Waals surface area contributed by atoms with E-state index in [-0.39, 0.29) is 0 Å². The first-order valence-corrected chi connectivity index (χ1v) is 3.96. The Morgan fingerprint density at radius 2 is 2.00 bits per heavy atom. The van der Waals surface area contributed by atoms with Crippen LogP contribution in [0.3, 0.4) is 0 Å². The molecule has 1 aromatic carbocycles. The van der Waals surface area contributed by atoms with Crippen LogP contribution in [0.4, 0.5) is 11.4 Å². The van der Waals surface area contributed by atoms with E-state index >= 15 is 0 Å². The molecule has 0 aliphatic rings. The molecule has 2 nitrogen and oxygen atoms in total. The third-order valence-corrected chi connectivity index (χ3v) is 1.47. The van der Waals surface area contributed by atoms with Crippen LogP contribution in [-0.4, -0.2) is 12.9 Å². The van der Waals surface area contributed by atoms with E-state index in [9.17, 15) is 0 Å². The molecule has 0 amide bonds. The van der Waals surface area contributed by atoms with Gasteiger partial charge in [-0.1, -0.05) is 19.1 Å². The molecule has 0 aliphatic heterocycles. The predicted octanol–water partition coefficient (Wildman–Crippen LogP) is 3.13. The molecule has 0 aromatic heterocycles. The van der Waals surface area contributed by atoms with Crippen LogP contribution >= 0.6 is 0 Å². The van der Waals surface area contributed by atoms with Gasteiger partial charge in [0, 0.05) is 6.21 Å². The first kappa shape index (κ1) is 8.65. The van der Waals surface area contributed by atoms with Gasteiger partial charge in [-0.3, -0.25) is 9.98 Å². The topological polar surface area (TPSA) is 24.7 Å². The van der Waals surface area contributed by atoms with Gasteiger partial charge in [-0.15, -0.1) is 0 Å². The lowest BCUT2D eigenvalue weighted by Crippen LogP contribution is -1.69. The van der Waals surface area contributed by atoms with E-state index in [0.717, 1.165) is 17.8 Å². The van der Waals surface area contributed by atoms with Crippen molar-refractivity contribution in [1.29, 1.82) is 0 Å². The van der Waals surface area contributed by atoms with E-state index in [4.69, 9.17) is 0 Å². The van der Waals surface area contributed by atoms with Gasteiger partial charge in [-0.25, -0.2) is 0 Å². The van der Waals surface area contributed by atoms with Gasteiger partial charge in [0.1, 0.15) is 0 Å². The Morgan fingerprint density at radius 1 is 1.33 bits per heavy atom. The average molecular weight is 160 g/mol. The molecule has 2 heteroatoms. The van der Waals surface area contributed by atoms with Crippen molar-refractivity contribution in [3.05, 3.63) is 24.3 Å². The van der Waals surface area contributed by atoms with E-state index in [1.54, 1.807) is 0 Å². The highest BCUT2D eigenvalue weighted by Crippen LogP contribution is 2.25. The van der Waals surface area contributed by atoms with Crippen LogP contribution in [0, 0.1) is 0 Å². The number of benzene rings is 1. The Balaban J connectivity index is 2.96. The van der Waals surface area contributed by atoms with Crippen LogP contribution in [0.15, 0.2) is 34.3 Å². The number of para-hydroxylation sites is 2. The maximum atomic E-state index is 4.24. The van der Waals surface area contributed by atoms with E-state index in [0.29, 0.717) is 0 Å². The summed E-state index contributed by atoms with van der Waals surface area (Å²) < 4.78 is 0. The Morgan fingerprint density at radius 3 is 2.58 bits per heavy atom. The summed E-state index contributed by atoms with van der Waals surface area (Å²) in [6.45, 7) is 5.52. The van der Waals surface area contributed by atoms with E-state index < -0.39 is 0 Å².